The Morgan fingerprint density at radius 3 is 2.59 bits per heavy atom. The van der Waals surface area contributed by atoms with Crippen LogP contribution in [0.15, 0.2) is 46.9 Å². The molecule has 0 aliphatic heterocycles. The topological polar surface area (TPSA) is 52.3 Å². The highest BCUT2D eigenvalue weighted by Crippen LogP contribution is 2.28. The van der Waals surface area contributed by atoms with Gasteiger partial charge in [-0.2, -0.15) is 0 Å². The van der Waals surface area contributed by atoms with E-state index in [1.165, 1.54) is 6.08 Å². The Kier molecular flexibility index (Phi) is 5.89. The number of primary amides is 1. The first kappa shape index (κ1) is 16.9. The summed E-state index contributed by atoms with van der Waals surface area (Å²) in [6.45, 7) is 0.367. The Hall–Kier alpha value is -1.49. The van der Waals surface area contributed by atoms with Gasteiger partial charge < -0.3 is 10.5 Å². The summed E-state index contributed by atoms with van der Waals surface area (Å²) in [5, 5.41) is 1.01. The zero-order chi connectivity index (χ0) is 16.1. The molecule has 22 heavy (non-hydrogen) atoms. The van der Waals surface area contributed by atoms with Crippen LogP contribution in [-0.2, 0) is 11.4 Å². The molecule has 2 rings (SSSR count). The fraction of sp³-hybridized carbons (Fsp3) is 0.0625. The monoisotopic (exact) mass is 399 g/mol. The third kappa shape index (κ3) is 4.77. The fourth-order valence-electron chi connectivity index (χ4n) is 1.71. The minimum absolute atomic E-state index is 0.367. The second-order valence-corrected chi connectivity index (χ2v) is 6.13. The largest absolute Gasteiger partial charge is 0.488 e. The molecule has 6 heteroatoms. The molecular weight excluding hydrogens is 389 g/mol. The molecule has 0 atom stereocenters. The Morgan fingerprint density at radius 2 is 1.95 bits per heavy atom. The number of carbonyl (C=O) groups excluding carboxylic acids is 1. The van der Waals surface area contributed by atoms with Gasteiger partial charge in [-0.05, 0) is 57.4 Å². The average Bonchev–Trinajstić information content (AvgIpc) is 2.47. The molecule has 2 aromatic rings. The molecule has 0 aliphatic carbocycles. The summed E-state index contributed by atoms with van der Waals surface area (Å²) in [6.07, 6.45) is 2.94. The van der Waals surface area contributed by atoms with Crippen molar-refractivity contribution < 1.29 is 9.53 Å². The van der Waals surface area contributed by atoms with Crippen molar-refractivity contribution in [1.82, 2.24) is 0 Å². The lowest BCUT2D eigenvalue weighted by Gasteiger charge is -2.09. The maximum atomic E-state index is 10.7. The molecule has 2 N–H and O–H groups in total. The maximum absolute atomic E-state index is 10.7. The van der Waals surface area contributed by atoms with Crippen LogP contribution < -0.4 is 10.5 Å². The van der Waals surface area contributed by atoms with E-state index in [9.17, 15) is 4.79 Å². The Bertz CT molecular complexity index is 732. The Morgan fingerprint density at radius 1 is 1.18 bits per heavy atom. The normalized spacial score (nSPS) is 10.9. The molecule has 0 saturated heterocycles. The first-order valence-corrected chi connectivity index (χ1v) is 7.84. The molecule has 3 nitrogen and oxygen atoms in total. The molecule has 0 heterocycles. The van der Waals surface area contributed by atoms with Crippen LogP contribution in [0.2, 0.25) is 10.0 Å². The van der Waals surface area contributed by atoms with E-state index in [2.05, 4.69) is 15.9 Å². The van der Waals surface area contributed by atoms with Crippen molar-refractivity contribution in [2.45, 2.75) is 6.61 Å². The molecule has 0 unspecified atom stereocenters. The van der Waals surface area contributed by atoms with Crippen molar-refractivity contribution >= 4 is 51.1 Å². The van der Waals surface area contributed by atoms with Gasteiger partial charge in [-0.3, -0.25) is 4.79 Å². The van der Waals surface area contributed by atoms with Crippen molar-refractivity contribution in [3.05, 3.63) is 68.1 Å². The van der Waals surface area contributed by atoms with E-state index in [1.807, 2.05) is 24.3 Å². The third-order valence-corrected chi connectivity index (χ3v) is 4.13. The number of amides is 1. The number of hydrogen-bond acceptors (Lipinski definition) is 2. The quantitative estimate of drug-likeness (QED) is 0.730. The summed E-state index contributed by atoms with van der Waals surface area (Å²) < 4.78 is 6.51. The van der Waals surface area contributed by atoms with Crippen molar-refractivity contribution in [3.8, 4) is 5.75 Å². The highest BCUT2D eigenvalue weighted by Gasteiger charge is 2.04. The van der Waals surface area contributed by atoms with Crippen molar-refractivity contribution in [3.63, 3.8) is 0 Å². The second kappa shape index (κ2) is 7.68. The van der Waals surface area contributed by atoms with E-state index < -0.39 is 5.91 Å². The second-order valence-electron chi connectivity index (χ2n) is 4.46. The number of carbonyl (C=O) groups is 1. The van der Waals surface area contributed by atoms with Gasteiger partial charge in [-0.1, -0.05) is 35.3 Å². The average molecular weight is 401 g/mol. The van der Waals surface area contributed by atoms with Gasteiger partial charge in [-0.25, -0.2) is 0 Å². The van der Waals surface area contributed by atoms with Crippen LogP contribution in [0.1, 0.15) is 11.1 Å². The van der Waals surface area contributed by atoms with Gasteiger partial charge in [0.05, 0.1) is 14.5 Å². The van der Waals surface area contributed by atoms with Gasteiger partial charge in [0.2, 0.25) is 5.91 Å². The Balaban J connectivity index is 2.06. The highest BCUT2D eigenvalue weighted by molar-refractivity contribution is 9.10. The third-order valence-electron chi connectivity index (χ3n) is 2.77. The summed E-state index contributed by atoms with van der Waals surface area (Å²) in [4.78, 5) is 10.7. The zero-order valence-electron chi connectivity index (χ0n) is 11.4. The lowest BCUT2D eigenvalue weighted by Crippen LogP contribution is -2.05. The standard InChI is InChI=1S/C16H12BrCl2NO2/c17-12-7-10(3-6-16(20)21)2-5-15(12)22-9-11-1-4-13(18)14(19)8-11/h1-8H,9H2,(H2,20,21)/b6-3+. The number of ether oxygens (including phenoxy) is 1. The van der Waals surface area contributed by atoms with Gasteiger partial charge in [0, 0.05) is 6.08 Å². The minimum Gasteiger partial charge on any atom is -0.488 e. The molecule has 0 aromatic heterocycles. The molecule has 0 saturated carbocycles. The predicted octanol–water partition coefficient (Wildman–Crippen LogP) is 4.83. The van der Waals surface area contributed by atoms with Gasteiger partial charge >= 0.3 is 0 Å². The minimum atomic E-state index is -0.490. The highest BCUT2D eigenvalue weighted by atomic mass is 79.9. The van der Waals surface area contributed by atoms with E-state index in [1.54, 1.807) is 18.2 Å². The lowest BCUT2D eigenvalue weighted by atomic mass is 10.2. The van der Waals surface area contributed by atoms with Crippen molar-refractivity contribution in [1.29, 1.82) is 0 Å². The summed E-state index contributed by atoms with van der Waals surface area (Å²) in [7, 11) is 0. The first-order chi connectivity index (χ1) is 10.5. The summed E-state index contributed by atoms with van der Waals surface area (Å²) in [5.74, 6) is 0.193. The zero-order valence-corrected chi connectivity index (χ0v) is 14.5. The molecule has 0 bridgehead atoms. The summed E-state index contributed by atoms with van der Waals surface area (Å²) in [5.41, 5.74) is 6.82. The van der Waals surface area contributed by atoms with Crippen LogP contribution in [-0.4, -0.2) is 5.91 Å². The molecule has 1 amide bonds. The van der Waals surface area contributed by atoms with E-state index in [0.29, 0.717) is 22.4 Å². The van der Waals surface area contributed by atoms with Crippen LogP contribution in [0.4, 0.5) is 0 Å². The smallest absolute Gasteiger partial charge is 0.241 e. The number of hydrogen-bond donors (Lipinski definition) is 1. The van der Waals surface area contributed by atoms with Gasteiger partial charge in [0.1, 0.15) is 12.4 Å². The summed E-state index contributed by atoms with van der Waals surface area (Å²) in [6, 6.07) is 10.8. The number of benzene rings is 2. The van der Waals surface area contributed by atoms with E-state index in [0.717, 1.165) is 15.6 Å². The van der Waals surface area contributed by atoms with Gasteiger partial charge in [0.15, 0.2) is 0 Å². The molecular formula is C16H12BrCl2NO2. The maximum Gasteiger partial charge on any atom is 0.241 e. The number of rotatable bonds is 5. The molecule has 114 valence electrons. The van der Waals surface area contributed by atoms with Crippen molar-refractivity contribution in [2.24, 2.45) is 5.73 Å². The van der Waals surface area contributed by atoms with Gasteiger partial charge in [0.25, 0.3) is 0 Å². The van der Waals surface area contributed by atoms with E-state index >= 15 is 0 Å². The van der Waals surface area contributed by atoms with E-state index in [-0.39, 0.29) is 0 Å². The molecule has 0 aliphatic rings. The SMILES string of the molecule is NC(=O)/C=C/c1ccc(OCc2ccc(Cl)c(Cl)c2)c(Br)c1. The van der Waals surface area contributed by atoms with Crippen LogP contribution in [0, 0.1) is 0 Å². The Labute approximate surface area is 146 Å². The predicted molar refractivity (Wildman–Crippen MR) is 93.2 cm³/mol. The number of nitrogens with two attached hydrogens (primary N) is 1. The van der Waals surface area contributed by atoms with Crippen LogP contribution in [0.3, 0.4) is 0 Å². The first-order valence-electron chi connectivity index (χ1n) is 6.29. The summed E-state index contributed by atoms with van der Waals surface area (Å²) >= 11 is 15.3. The molecule has 0 spiro atoms. The molecule has 2 aromatic carbocycles. The van der Waals surface area contributed by atoms with Crippen LogP contribution in [0.5, 0.6) is 5.75 Å². The van der Waals surface area contributed by atoms with Crippen LogP contribution >= 0.6 is 39.1 Å². The molecule has 0 fully saturated rings. The van der Waals surface area contributed by atoms with Gasteiger partial charge in [-0.15, -0.1) is 0 Å². The lowest BCUT2D eigenvalue weighted by molar-refractivity contribution is -0.113. The van der Waals surface area contributed by atoms with E-state index in [4.69, 9.17) is 33.7 Å². The van der Waals surface area contributed by atoms with Crippen molar-refractivity contribution in [2.75, 3.05) is 0 Å². The number of halogens is 3. The van der Waals surface area contributed by atoms with Crippen LogP contribution in [0.25, 0.3) is 6.08 Å². The fourth-order valence-corrected chi connectivity index (χ4v) is 2.54. The molecule has 0 radical (unpaired) electrons.